The van der Waals surface area contributed by atoms with Gasteiger partial charge >= 0.3 is 0 Å². The van der Waals surface area contributed by atoms with Crippen LogP contribution in [0.1, 0.15) is 11.1 Å². The molecule has 0 radical (unpaired) electrons. The highest BCUT2D eigenvalue weighted by Crippen LogP contribution is 2.50. The van der Waals surface area contributed by atoms with Crippen LogP contribution in [0.4, 0.5) is 25.8 Å². The van der Waals surface area contributed by atoms with E-state index in [9.17, 15) is 8.78 Å². The molecular weight excluding hydrogens is 418 g/mol. The van der Waals surface area contributed by atoms with E-state index in [4.69, 9.17) is 0 Å². The molecule has 3 aromatic carbocycles. The minimum absolute atomic E-state index is 0.221. The summed E-state index contributed by atoms with van der Waals surface area (Å²) in [6, 6.07) is 20.2. The second-order valence-electron chi connectivity index (χ2n) is 5.88. The minimum atomic E-state index is -0.844. The van der Waals surface area contributed by atoms with E-state index in [2.05, 4.69) is 32.4 Å². The largest absolute Gasteiger partial charge is 0.292 e. The maximum atomic E-state index is 14.4. The Bertz CT molecular complexity index is 951. The third-order valence-electron chi connectivity index (χ3n) is 4.28. The predicted octanol–water partition coefficient (Wildman–Crippen LogP) is 6.58. The molecule has 0 bridgehead atoms. The Balaban J connectivity index is 1.72. The number of benzene rings is 3. The van der Waals surface area contributed by atoms with Gasteiger partial charge in [0.05, 0.1) is 35.7 Å². The molecule has 6 heteroatoms. The van der Waals surface area contributed by atoms with Crippen molar-refractivity contribution in [2.45, 2.75) is 11.9 Å². The van der Waals surface area contributed by atoms with E-state index in [1.54, 1.807) is 10.4 Å². The molecule has 0 amide bonds. The standard InChI is InChI=1S/C20H15BrF2N2S/c21-12-14-6-1-2-7-15(14)13-24-17-9-3-4-10-18(17)25(26-24)19-11-5-8-16(22)20(19)23/h1-11H,12-13H2. The summed E-state index contributed by atoms with van der Waals surface area (Å²) in [4.78, 5) is 0. The van der Waals surface area contributed by atoms with Gasteiger partial charge in [0.2, 0.25) is 0 Å². The summed E-state index contributed by atoms with van der Waals surface area (Å²) >= 11 is 4.90. The van der Waals surface area contributed by atoms with Gasteiger partial charge in [0.1, 0.15) is 0 Å². The molecule has 3 aromatic rings. The highest BCUT2D eigenvalue weighted by molar-refractivity contribution is 9.08. The third-order valence-corrected chi connectivity index (χ3v) is 5.96. The average molecular weight is 433 g/mol. The lowest BCUT2D eigenvalue weighted by molar-refractivity contribution is 0.511. The van der Waals surface area contributed by atoms with Gasteiger partial charge in [0.25, 0.3) is 0 Å². The molecule has 0 unspecified atom stereocenters. The Labute approximate surface area is 163 Å². The molecule has 0 N–H and O–H groups in total. The Morgan fingerprint density at radius 3 is 2.19 bits per heavy atom. The average Bonchev–Trinajstić information content (AvgIpc) is 3.03. The molecule has 2 nitrogen and oxygen atoms in total. The van der Waals surface area contributed by atoms with E-state index in [0.29, 0.717) is 6.54 Å². The first-order valence-electron chi connectivity index (χ1n) is 8.10. The molecule has 0 saturated carbocycles. The fourth-order valence-corrected chi connectivity index (χ4v) is 4.62. The second-order valence-corrected chi connectivity index (χ2v) is 7.41. The smallest absolute Gasteiger partial charge is 0.183 e. The Morgan fingerprint density at radius 1 is 0.769 bits per heavy atom. The number of para-hydroxylation sites is 2. The van der Waals surface area contributed by atoms with Crippen LogP contribution in [0, 0.1) is 11.6 Å². The van der Waals surface area contributed by atoms with Crippen molar-refractivity contribution in [2.24, 2.45) is 0 Å². The molecule has 0 aromatic heterocycles. The van der Waals surface area contributed by atoms with Gasteiger partial charge in [-0.05, 0) is 35.4 Å². The molecule has 26 heavy (non-hydrogen) atoms. The summed E-state index contributed by atoms with van der Waals surface area (Å²) in [5, 5.41) is 0.769. The first-order chi connectivity index (χ1) is 12.7. The normalized spacial score (nSPS) is 13.2. The molecule has 0 saturated heterocycles. The van der Waals surface area contributed by atoms with Crippen LogP contribution in [0.5, 0.6) is 0 Å². The number of fused-ring (bicyclic) bond motifs is 1. The van der Waals surface area contributed by atoms with Crippen LogP contribution in [0.3, 0.4) is 0 Å². The zero-order valence-electron chi connectivity index (χ0n) is 13.7. The summed E-state index contributed by atoms with van der Waals surface area (Å²) in [5.41, 5.74) is 4.44. The van der Waals surface area contributed by atoms with Crippen LogP contribution >= 0.6 is 28.1 Å². The lowest BCUT2D eigenvalue weighted by Crippen LogP contribution is -2.14. The fraction of sp³-hybridized carbons (Fsp3) is 0.100. The van der Waals surface area contributed by atoms with E-state index in [-0.39, 0.29) is 5.69 Å². The van der Waals surface area contributed by atoms with Gasteiger partial charge in [0.15, 0.2) is 11.6 Å². The molecule has 0 fully saturated rings. The first kappa shape index (κ1) is 17.4. The second kappa shape index (κ2) is 7.29. The van der Waals surface area contributed by atoms with Crippen molar-refractivity contribution in [3.63, 3.8) is 0 Å². The molecule has 0 aliphatic carbocycles. The van der Waals surface area contributed by atoms with Crippen molar-refractivity contribution in [3.8, 4) is 0 Å². The van der Waals surface area contributed by atoms with Crippen molar-refractivity contribution < 1.29 is 8.78 Å². The Morgan fingerprint density at radius 2 is 1.42 bits per heavy atom. The number of anilines is 3. The van der Waals surface area contributed by atoms with E-state index >= 15 is 0 Å². The summed E-state index contributed by atoms with van der Waals surface area (Å²) in [5.74, 6) is -1.68. The van der Waals surface area contributed by atoms with Crippen molar-refractivity contribution in [2.75, 3.05) is 8.61 Å². The van der Waals surface area contributed by atoms with Crippen LogP contribution in [-0.4, -0.2) is 0 Å². The van der Waals surface area contributed by atoms with Crippen molar-refractivity contribution in [1.29, 1.82) is 0 Å². The molecular formula is C20H15BrF2N2S. The Kier molecular flexibility index (Phi) is 4.87. The summed E-state index contributed by atoms with van der Waals surface area (Å²) in [6.07, 6.45) is 0. The maximum Gasteiger partial charge on any atom is 0.183 e. The SMILES string of the molecule is Fc1cccc(N2SN(Cc3ccccc3CBr)c3ccccc32)c1F. The van der Waals surface area contributed by atoms with E-state index < -0.39 is 11.6 Å². The van der Waals surface area contributed by atoms with Crippen LogP contribution in [0.15, 0.2) is 66.7 Å². The lowest BCUT2D eigenvalue weighted by Gasteiger charge is -2.21. The summed E-state index contributed by atoms with van der Waals surface area (Å²) in [7, 11) is 0. The quantitative estimate of drug-likeness (QED) is 0.339. The third kappa shape index (κ3) is 3.08. The molecule has 0 spiro atoms. The molecule has 1 heterocycles. The van der Waals surface area contributed by atoms with Gasteiger partial charge in [-0.2, -0.15) is 0 Å². The minimum Gasteiger partial charge on any atom is -0.292 e. The van der Waals surface area contributed by atoms with Crippen molar-refractivity contribution in [1.82, 2.24) is 0 Å². The molecule has 1 aliphatic rings. The van der Waals surface area contributed by atoms with Crippen LogP contribution in [0.2, 0.25) is 0 Å². The number of alkyl halides is 1. The summed E-state index contributed by atoms with van der Waals surface area (Å²) < 4.78 is 31.9. The van der Waals surface area contributed by atoms with Crippen molar-refractivity contribution >= 4 is 45.1 Å². The lowest BCUT2D eigenvalue weighted by atomic mass is 10.1. The predicted molar refractivity (Wildman–Crippen MR) is 108 cm³/mol. The number of rotatable bonds is 4. The molecule has 1 aliphatic heterocycles. The topological polar surface area (TPSA) is 6.48 Å². The number of nitrogens with zero attached hydrogens (tertiary/aromatic N) is 2. The summed E-state index contributed by atoms with van der Waals surface area (Å²) in [6.45, 7) is 0.664. The molecule has 132 valence electrons. The van der Waals surface area contributed by atoms with Gasteiger partial charge in [-0.1, -0.05) is 58.4 Å². The van der Waals surface area contributed by atoms with Gasteiger partial charge in [0, 0.05) is 5.33 Å². The number of halogens is 3. The van der Waals surface area contributed by atoms with Crippen LogP contribution in [-0.2, 0) is 11.9 Å². The Hall–Kier alpha value is -2.05. The molecule has 0 atom stereocenters. The van der Waals surface area contributed by atoms with E-state index in [1.165, 1.54) is 29.3 Å². The van der Waals surface area contributed by atoms with Gasteiger partial charge in [-0.15, -0.1) is 0 Å². The number of hydrogen-bond acceptors (Lipinski definition) is 3. The first-order valence-corrected chi connectivity index (χ1v) is 9.96. The van der Waals surface area contributed by atoms with E-state index in [0.717, 1.165) is 22.8 Å². The van der Waals surface area contributed by atoms with Gasteiger partial charge < -0.3 is 0 Å². The highest BCUT2D eigenvalue weighted by Gasteiger charge is 2.31. The zero-order valence-corrected chi connectivity index (χ0v) is 16.1. The van der Waals surface area contributed by atoms with Gasteiger partial charge in [-0.3, -0.25) is 8.61 Å². The fourth-order valence-electron chi connectivity index (χ4n) is 2.97. The van der Waals surface area contributed by atoms with Gasteiger partial charge in [-0.25, -0.2) is 8.78 Å². The monoisotopic (exact) mass is 432 g/mol. The number of hydrogen-bond donors (Lipinski definition) is 0. The van der Waals surface area contributed by atoms with E-state index in [1.807, 2.05) is 36.4 Å². The zero-order chi connectivity index (χ0) is 18.1. The highest BCUT2D eigenvalue weighted by atomic mass is 79.9. The van der Waals surface area contributed by atoms with Crippen LogP contribution in [0.25, 0.3) is 0 Å². The van der Waals surface area contributed by atoms with Crippen molar-refractivity contribution in [3.05, 3.63) is 89.5 Å². The molecule has 4 rings (SSSR count). The van der Waals surface area contributed by atoms with Crippen LogP contribution < -0.4 is 8.61 Å². The maximum absolute atomic E-state index is 14.4.